The zero-order chi connectivity index (χ0) is 21.5. The average Bonchev–Trinajstić information content (AvgIpc) is 3.25. The highest BCUT2D eigenvalue weighted by Gasteiger charge is 2.37. The topological polar surface area (TPSA) is 55.9 Å². The van der Waals surface area contributed by atoms with Crippen LogP contribution in [-0.2, 0) is 4.79 Å². The van der Waals surface area contributed by atoms with Crippen molar-refractivity contribution in [3.05, 3.63) is 34.3 Å². The van der Waals surface area contributed by atoms with Gasteiger partial charge in [0.25, 0.3) is 5.91 Å². The molecule has 2 aliphatic rings. The van der Waals surface area contributed by atoms with Crippen LogP contribution in [0.3, 0.4) is 0 Å². The Morgan fingerprint density at radius 3 is 2.50 bits per heavy atom. The number of halogens is 1. The summed E-state index contributed by atoms with van der Waals surface area (Å²) in [6.07, 6.45) is 5.66. The molecular formula is C23H35BrN4O2. The second-order valence-corrected chi connectivity index (χ2v) is 9.69. The van der Waals surface area contributed by atoms with Gasteiger partial charge in [-0.1, -0.05) is 34.8 Å². The van der Waals surface area contributed by atoms with Crippen molar-refractivity contribution >= 4 is 27.7 Å². The van der Waals surface area contributed by atoms with Crippen molar-refractivity contribution in [2.45, 2.75) is 38.1 Å². The lowest BCUT2D eigenvalue weighted by molar-refractivity contribution is -0.129. The minimum absolute atomic E-state index is 0.0602. The van der Waals surface area contributed by atoms with Crippen LogP contribution in [0.1, 0.15) is 42.5 Å². The number of hydrogen-bond donors (Lipinski definition) is 1. The van der Waals surface area contributed by atoms with E-state index in [0.717, 1.165) is 49.9 Å². The number of amides is 2. The molecule has 0 bridgehead atoms. The fourth-order valence-electron chi connectivity index (χ4n) is 4.67. The Labute approximate surface area is 189 Å². The van der Waals surface area contributed by atoms with E-state index < -0.39 is 0 Å². The molecule has 1 aromatic rings. The summed E-state index contributed by atoms with van der Waals surface area (Å²) in [5, 5.41) is 3.19. The van der Waals surface area contributed by atoms with Gasteiger partial charge in [-0.15, -0.1) is 0 Å². The Morgan fingerprint density at radius 1 is 1.17 bits per heavy atom. The van der Waals surface area contributed by atoms with Crippen LogP contribution >= 0.6 is 15.9 Å². The SMILES string of the molecule is CN(C)CCCNC(=O)C(C1CCCC1)N1CCN(C(=O)c2cccc(Br)c2)CC1. The molecule has 1 heterocycles. The zero-order valence-corrected chi connectivity index (χ0v) is 19.9. The maximum Gasteiger partial charge on any atom is 0.253 e. The third kappa shape index (κ3) is 6.28. The molecule has 3 rings (SSSR count). The van der Waals surface area contributed by atoms with Crippen molar-refractivity contribution in [1.82, 2.24) is 20.0 Å². The molecule has 1 aromatic carbocycles. The first kappa shape index (κ1) is 23.2. The molecule has 6 nitrogen and oxygen atoms in total. The van der Waals surface area contributed by atoms with E-state index in [-0.39, 0.29) is 17.9 Å². The van der Waals surface area contributed by atoms with Gasteiger partial charge in [-0.2, -0.15) is 0 Å². The van der Waals surface area contributed by atoms with Gasteiger partial charge in [0.2, 0.25) is 5.91 Å². The predicted molar refractivity (Wildman–Crippen MR) is 124 cm³/mol. The summed E-state index contributed by atoms with van der Waals surface area (Å²) < 4.78 is 0.916. The second kappa shape index (κ2) is 11.3. The molecule has 166 valence electrons. The van der Waals surface area contributed by atoms with Crippen LogP contribution in [0.2, 0.25) is 0 Å². The minimum atomic E-state index is -0.0602. The van der Waals surface area contributed by atoms with Gasteiger partial charge < -0.3 is 15.1 Å². The molecular weight excluding hydrogens is 444 g/mol. The first-order chi connectivity index (χ1) is 14.5. The highest BCUT2D eigenvalue weighted by molar-refractivity contribution is 9.10. The Kier molecular flexibility index (Phi) is 8.72. The van der Waals surface area contributed by atoms with Gasteiger partial charge in [-0.05, 0) is 64.0 Å². The molecule has 1 unspecified atom stereocenters. The molecule has 1 aliphatic heterocycles. The van der Waals surface area contributed by atoms with Gasteiger partial charge >= 0.3 is 0 Å². The summed E-state index contributed by atoms with van der Waals surface area (Å²) in [5.74, 6) is 0.681. The number of piperazine rings is 1. The monoisotopic (exact) mass is 478 g/mol. The Morgan fingerprint density at radius 2 is 1.87 bits per heavy atom. The molecule has 7 heteroatoms. The van der Waals surface area contributed by atoms with E-state index in [2.05, 4.69) is 45.1 Å². The first-order valence-corrected chi connectivity index (χ1v) is 12.0. The lowest BCUT2D eigenvalue weighted by Gasteiger charge is -2.40. The van der Waals surface area contributed by atoms with Crippen molar-refractivity contribution in [1.29, 1.82) is 0 Å². The van der Waals surface area contributed by atoms with Crippen molar-refractivity contribution in [3.63, 3.8) is 0 Å². The average molecular weight is 479 g/mol. The molecule has 30 heavy (non-hydrogen) atoms. The van der Waals surface area contributed by atoms with Gasteiger partial charge in [0.1, 0.15) is 0 Å². The molecule has 1 saturated carbocycles. The van der Waals surface area contributed by atoms with Crippen LogP contribution < -0.4 is 5.32 Å². The van der Waals surface area contributed by atoms with E-state index in [4.69, 9.17) is 0 Å². The maximum atomic E-state index is 13.1. The van der Waals surface area contributed by atoms with Gasteiger partial charge in [-0.25, -0.2) is 0 Å². The number of carbonyl (C=O) groups is 2. The molecule has 2 fully saturated rings. The summed E-state index contributed by atoms with van der Waals surface area (Å²) >= 11 is 3.44. The number of nitrogens with zero attached hydrogens (tertiary/aromatic N) is 3. The largest absolute Gasteiger partial charge is 0.355 e. The Hall–Kier alpha value is -1.44. The Balaban J connectivity index is 1.57. The molecule has 0 spiro atoms. The van der Waals surface area contributed by atoms with Crippen LogP contribution in [0.4, 0.5) is 0 Å². The van der Waals surface area contributed by atoms with Crippen LogP contribution in [0.25, 0.3) is 0 Å². The lowest BCUT2D eigenvalue weighted by Crippen LogP contribution is -2.58. The molecule has 1 saturated heterocycles. The van der Waals surface area contributed by atoms with Crippen LogP contribution in [-0.4, -0.2) is 85.9 Å². The third-order valence-corrected chi connectivity index (χ3v) is 6.76. The number of rotatable bonds is 8. The fraction of sp³-hybridized carbons (Fsp3) is 0.652. The van der Waals surface area contributed by atoms with E-state index in [9.17, 15) is 9.59 Å². The summed E-state index contributed by atoms with van der Waals surface area (Å²) in [6.45, 7) is 4.55. The van der Waals surface area contributed by atoms with Gasteiger partial charge in [0.05, 0.1) is 6.04 Å². The quantitative estimate of drug-likeness (QED) is 0.583. The number of carbonyl (C=O) groups excluding carboxylic acids is 2. The summed E-state index contributed by atoms with van der Waals surface area (Å²) in [5.41, 5.74) is 0.712. The molecule has 2 amide bonds. The van der Waals surface area contributed by atoms with Gasteiger partial charge in [0, 0.05) is 42.8 Å². The van der Waals surface area contributed by atoms with Gasteiger partial charge in [-0.3, -0.25) is 14.5 Å². The number of benzene rings is 1. The summed E-state index contributed by atoms with van der Waals surface area (Å²) in [6, 6.07) is 7.50. The predicted octanol–water partition coefficient (Wildman–Crippen LogP) is 2.83. The van der Waals surface area contributed by atoms with Crippen molar-refractivity contribution in [2.24, 2.45) is 5.92 Å². The maximum absolute atomic E-state index is 13.1. The highest BCUT2D eigenvalue weighted by atomic mass is 79.9. The van der Waals surface area contributed by atoms with E-state index in [0.29, 0.717) is 24.6 Å². The standard InChI is InChI=1S/C23H35BrN4O2/c1-26(2)12-6-11-25-22(29)21(18-7-3-4-8-18)27-13-15-28(16-14-27)23(30)19-9-5-10-20(24)17-19/h5,9-10,17-18,21H,3-4,6-8,11-16H2,1-2H3,(H,25,29). The molecule has 1 N–H and O–H groups in total. The number of hydrogen-bond acceptors (Lipinski definition) is 4. The van der Waals surface area contributed by atoms with Gasteiger partial charge in [0.15, 0.2) is 0 Å². The normalized spacial score (nSPS) is 19.3. The number of nitrogens with one attached hydrogen (secondary N) is 1. The molecule has 0 radical (unpaired) electrons. The molecule has 1 atom stereocenters. The van der Waals surface area contributed by atoms with Crippen LogP contribution in [0.5, 0.6) is 0 Å². The summed E-state index contributed by atoms with van der Waals surface area (Å²) in [7, 11) is 4.11. The van der Waals surface area contributed by atoms with Crippen molar-refractivity contribution < 1.29 is 9.59 Å². The summed E-state index contributed by atoms with van der Waals surface area (Å²) in [4.78, 5) is 32.3. The smallest absolute Gasteiger partial charge is 0.253 e. The van der Waals surface area contributed by atoms with E-state index in [1.807, 2.05) is 29.2 Å². The minimum Gasteiger partial charge on any atom is -0.355 e. The third-order valence-electron chi connectivity index (χ3n) is 6.26. The van der Waals surface area contributed by atoms with Crippen LogP contribution in [0, 0.1) is 5.92 Å². The fourth-order valence-corrected chi connectivity index (χ4v) is 5.07. The second-order valence-electron chi connectivity index (χ2n) is 8.78. The zero-order valence-electron chi connectivity index (χ0n) is 18.3. The van der Waals surface area contributed by atoms with E-state index in [1.165, 1.54) is 12.8 Å². The van der Waals surface area contributed by atoms with Crippen LogP contribution in [0.15, 0.2) is 28.7 Å². The lowest BCUT2D eigenvalue weighted by atomic mass is 9.95. The molecule has 1 aliphatic carbocycles. The highest BCUT2D eigenvalue weighted by Crippen LogP contribution is 2.31. The van der Waals surface area contributed by atoms with E-state index in [1.54, 1.807) is 0 Å². The first-order valence-electron chi connectivity index (χ1n) is 11.2. The molecule has 0 aromatic heterocycles. The van der Waals surface area contributed by atoms with E-state index >= 15 is 0 Å². The Bertz CT molecular complexity index is 713. The van der Waals surface area contributed by atoms with Crippen molar-refractivity contribution in [3.8, 4) is 0 Å². The van der Waals surface area contributed by atoms with Crippen molar-refractivity contribution in [2.75, 3.05) is 53.4 Å².